The number of hydrogen-bond donors (Lipinski definition) is 0. The monoisotopic (exact) mass is 1010 g/mol. The standard InChI is InChI=1S/C57H63N4O.Pt/c1-53(2,3)39-23-25-47-48-26-24-46(35-50(48)61(49(47)32-39)52-33-40(27-28-58-52)57(13,14)38-19-16-15-17-20-38)62-45-22-18-21-43(34-45)59-36-51(56(10,11)12)60(37-59)44-30-41(54(4,5)6)29-42(31-44)55(7,8)9;/h15-33,36-37H,1-14H3;/q-3;. The Morgan fingerprint density at radius 3 is 1.81 bits per heavy atom. The third-order valence-electron chi connectivity index (χ3n) is 12.4. The molecule has 330 valence electrons. The second kappa shape index (κ2) is 16.5. The normalized spacial score (nSPS) is 14.0. The van der Waals surface area contributed by atoms with E-state index in [2.05, 4.69) is 227 Å². The smallest absolute Gasteiger partial charge is 0.135 e. The molecule has 2 aromatic heterocycles. The van der Waals surface area contributed by atoms with Crippen LogP contribution >= 0.6 is 0 Å². The first-order chi connectivity index (χ1) is 29.0. The fourth-order valence-corrected chi connectivity index (χ4v) is 8.32. The first kappa shape index (κ1) is 45.9. The number of aromatic nitrogens is 2. The van der Waals surface area contributed by atoms with Crippen LogP contribution in [0.1, 0.15) is 125 Å². The van der Waals surface area contributed by atoms with Gasteiger partial charge in [0.25, 0.3) is 0 Å². The number of hydrogen-bond acceptors (Lipinski definition) is 4. The zero-order valence-electron chi connectivity index (χ0n) is 39.6. The van der Waals surface area contributed by atoms with Gasteiger partial charge in [0.15, 0.2) is 0 Å². The molecule has 7 aromatic rings. The van der Waals surface area contributed by atoms with E-state index in [9.17, 15) is 0 Å². The van der Waals surface area contributed by atoms with Crippen molar-refractivity contribution in [1.82, 2.24) is 9.55 Å². The third kappa shape index (κ3) is 9.14. The van der Waals surface area contributed by atoms with Gasteiger partial charge in [0.05, 0.1) is 0 Å². The van der Waals surface area contributed by atoms with Crippen molar-refractivity contribution in [3.63, 3.8) is 0 Å². The van der Waals surface area contributed by atoms with E-state index in [1.165, 1.54) is 33.5 Å². The van der Waals surface area contributed by atoms with Gasteiger partial charge in [-0.25, -0.2) is 4.98 Å². The van der Waals surface area contributed by atoms with Gasteiger partial charge < -0.3 is 19.1 Å². The predicted octanol–water partition coefficient (Wildman–Crippen LogP) is 15.1. The first-order valence-corrected chi connectivity index (χ1v) is 22.0. The number of ether oxygens (including phenoxy) is 1. The Morgan fingerprint density at radius 2 is 1.17 bits per heavy atom. The zero-order chi connectivity index (χ0) is 44.6. The Labute approximate surface area is 391 Å². The van der Waals surface area contributed by atoms with Gasteiger partial charge in [-0.05, 0) is 86.0 Å². The molecular formula is C57H63N4OPt-3. The molecule has 5 aromatic carbocycles. The molecule has 0 fully saturated rings. The molecule has 1 aliphatic heterocycles. The molecule has 0 spiro atoms. The van der Waals surface area contributed by atoms with E-state index in [4.69, 9.17) is 9.72 Å². The van der Waals surface area contributed by atoms with Crippen molar-refractivity contribution < 1.29 is 25.8 Å². The summed E-state index contributed by atoms with van der Waals surface area (Å²) in [7, 11) is 0. The summed E-state index contributed by atoms with van der Waals surface area (Å²) in [6, 6.07) is 46.5. The van der Waals surface area contributed by atoms with Gasteiger partial charge in [-0.2, -0.15) is 12.1 Å². The molecule has 0 atom stereocenters. The van der Waals surface area contributed by atoms with Crippen LogP contribution in [0.2, 0.25) is 0 Å². The fraction of sp³-hybridized carbons (Fsp3) is 0.333. The molecule has 0 N–H and O–H groups in total. The van der Waals surface area contributed by atoms with Crippen LogP contribution in [0.3, 0.4) is 0 Å². The SMILES string of the molecule is CC(C)(C)C1=CN(c2[c-]c(Oc3[c-]c4c(cc3)c3ccc(C(C)(C)C)cc3n4-c3cc(C(C)(C)c4ccccc4)ccn3)ccc2)[CH-]N1c1cc(C(C)(C)C)cc(C(C)(C)C)c1.[Pt]. The van der Waals surface area contributed by atoms with Crippen molar-refractivity contribution in [2.75, 3.05) is 9.80 Å². The Hall–Kier alpha value is -5.12. The van der Waals surface area contributed by atoms with E-state index in [0.29, 0.717) is 11.5 Å². The number of allylic oxidation sites excluding steroid dienone is 1. The van der Waals surface area contributed by atoms with Crippen molar-refractivity contribution in [3.05, 3.63) is 174 Å². The number of fused-ring (bicyclic) bond motifs is 3. The van der Waals surface area contributed by atoms with Gasteiger partial charge in [-0.1, -0.05) is 151 Å². The summed E-state index contributed by atoms with van der Waals surface area (Å²) in [5, 5.41) is 2.24. The van der Waals surface area contributed by atoms with E-state index in [1.54, 1.807) is 0 Å². The average molecular weight is 1020 g/mol. The molecule has 0 amide bonds. The van der Waals surface area contributed by atoms with Gasteiger partial charge >= 0.3 is 0 Å². The Morgan fingerprint density at radius 1 is 0.540 bits per heavy atom. The summed E-state index contributed by atoms with van der Waals surface area (Å²) in [6.07, 6.45) is 4.17. The van der Waals surface area contributed by atoms with Gasteiger partial charge in [-0.3, -0.25) is 0 Å². The van der Waals surface area contributed by atoms with Crippen LogP contribution in [0.5, 0.6) is 11.5 Å². The molecule has 5 nitrogen and oxygen atoms in total. The zero-order valence-corrected chi connectivity index (χ0v) is 41.9. The quantitative estimate of drug-likeness (QED) is 0.149. The molecule has 0 saturated heterocycles. The molecule has 0 radical (unpaired) electrons. The molecule has 3 heterocycles. The number of nitrogens with zero attached hydrogens (tertiary/aromatic N) is 4. The second-order valence-electron chi connectivity index (χ2n) is 21.7. The van der Waals surface area contributed by atoms with Crippen molar-refractivity contribution in [2.45, 2.75) is 119 Å². The first-order valence-electron chi connectivity index (χ1n) is 22.0. The molecule has 8 rings (SSSR count). The summed E-state index contributed by atoms with van der Waals surface area (Å²) >= 11 is 0. The molecule has 0 bridgehead atoms. The summed E-state index contributed by atoms with van der Waals surface area (Å²) in [4.78, 5) is 9.53. The summed E-state index contributed by atoms with van der Waals surface area (Å²) in [5.41, 5.74) is 11.2. The molecule has 0 aliphatic carbocycles. The number of rotatable bonds is 7. The molecule has 63 heavy (non-hydrogen) atoms. The maximum Gasteiger partial charge on any atom is 0.135 e. The van der Waals surface area contributed by atoms with Crippen LogP contribution in [0, 0.1) is 24.2 Å². The van der Waals surface area contributed by atoms with Gasteiger partial charge in [0, 0.05) is 66.5 Å². The van der Waals surface area contributed by atoms with Crippen LogP contribution in [0.25, 0.3) is 27.6 Å². The minimum Gasteiger partial charge on any atom is -0.509 e. The van der Waals surface area contributed by atoms with E-state index in [-0.39, 0.29) is 48.1 Å². The maximum atomic E-state index is 6.68. The van der Waals surface area contributed by atoms with E-state index < -0.39 is 0 Å². The Bertz CT molecular complexity index is 2790. The van der Waals surface area contributed by atoms with Crippen molar-refractivity contribution in [3.8, 4) is 17.3 Å². The Kier molecular flexibility index (Phi) is 12.0. The van der Waals surface area contributed by atoms with Crippen molar-refractivity contribution in [1.29, 1.82) is 0 Å². The van der Waals surface area contributed by atoms with Gasteiger partial charge in [0.2, 0.25) is 0 Å². The largest absolute Gasteiger partial charge is 0.509 e. The summed E-state index contributed by atoms with van der Waals surface area (Å²) < 4.78 is 8.93. The molecule has 0 unspecified atom stereocenters. The van der Waals surface area contributed by atoms with Crippen LogP contribution in [-0.4, -0.2) is 9.55 Å². The topological polar surface area (TPSA) is 33.5 Å². The fourth-order valence-electron chi connectivity index (χ4n) is 8.32. The maximum absolute atomic E-state index is 6.68. The van der Waals surface area contributed by atoms with Crippen molar-refractivity contribution in [2.24, 2.45) is 5.41 Å². The third-order valence-corrected chi connectivity index (χ3v) is 12.4. The Balaban J connectivity index is 0.00000595. The van der Waals surface area contributed by atoms with Crippen LogP contribution < -0.4 is 14.5 Å². The van der Waals surface area contributed by atoms with Crippen molar-refractivity contribution >= 4 is 33.2 Å². The van der Waals surface area contributed by atoms with Gasteiger partial charge in [-0.15, -0.1) is 48.1 Å². The van der Waals surface area contributed by atoms with Crippen LogP contribution in [-0.2, 0) is 42.7 Å². The molecule has 0 saturated carbocycles. The number of pyridine rings is 1. The molecular weight excluding hydrogens is 952 g/mol. The average Bonchev–Trinajstić information content (AvgIpc) is 3.81. The molecule has 1 aliphatic rings. The van der Waals surface area contributed by atoms with E-state index >= 15 is 0 Å². The summed E-state index contributed by atoms with van der Waals surface area (Å²) in [5.74, 6) is 2.07. The van der Waals surface area contributed by atoms with E-state index in [1.807, 2.05) is 24.4 Å². The number of benzene rings is 5. The van der Waals surface area contributed by atoms with Gasteiger partial charge in [0.1, 0.15) is 5.82 Å². The summed E-state index contributed by atoms with van der Waals surface area (Å²) in [6.45, 7) is 34.1. The minimum atomic E-state index is -0.231. The molecule has 6 heteroatoms. The number of anilines is 2. The predicted molar refractivity (Wildman–Crippen MR) is 261 cm³/mol. The van der Waals surface area contributed by atoms with E-state index in [0.717, 1.165) is 39.0 Å². The second-order valence-corrected chi connectivity index (χ2v) is 21.7. The van der Waals surface area contributed by atoms with Crippen LogP contribution in [0.4, 0.5) is 11.4 Å². The minimum absolute atomic E-state index is 0. The van der Waals surface area contributed by atoms with Crippen LogP contribution in [0.15, 0.2) is 127 Å².